The maximum Gasteiger partial charge on any atom is 0.282 e. The SMILES string of the molecule is COc1cc(C=Nn2c(C(C)C)nc3ccc(Br)cc3c2=O)ccc1OCc1ccc(F)cc1. The summed E-state index contributed by atoms with van der Waals surface area (Å²) in [5.74, 6) is 1.33. The van der Waals surface area contributed by atoms with Crippen molar-refractivity contribution < 1.29 is 13.9 Å². The van der Waals surface area contributed by atoms with Crippen LogP contribution in [0.4, 0.5) is 4.39 Å². The number of rotatable bonds is 7. The van der Waals surface area contributed by atoms with Crippen LogP contribution >= 0.6 is 15.9 Å². The smallest absolute Gasteiger partial charge is 0.282 e. The predicted molar refractivity (Wildman–Crippen MR) is 135 cm³/mol. The highest BCUT2D eigenvalue weighted by atomic mass is 79.9. The summed E-state index contributed by atoms with van der Waals surface area (Å²) in [5, 5.41) is 4.94. The normalized spacial score (nSPS) is 11.5. The molecule has 0 amide bonds. The molecule has 0 aliphatic rings. The molecule has 0 saturated heterocycles. The zero-order valence-electron chi connectivity index (χ0n) is 19.0. The van der Waals surface area contributed by atoms with Crippen molar-refractivity contribution >= 4 is 33.0 Å². The lowest BCUT2D eigenvalue weighted by molar-refractivity contribution is 0.284. The third-order valence-corrected chi connectivity index (χ3v) is 5.66. The van der Waals surface area contributed by atoms with E-state index in [1.165, 1.54) is 16.8 Å². The molecule has 0 radical (unpaired) electrons. The molecule has 0 saturated carbocycles. The maximum atomic E-state index is 13.2. The Morgan fingerprint density at radius 3 is 2.56 bits per heavy atom. The zero-order chi connectivity index (χ0) is 24.2. The van der Waals surface area contributed by atoms with Crippen LogP contribution in [0, 0.1) is 5.82 Å². The van der Waals surface area contributed by atoms with Crippen molar-refractivity contribution in [2.24, 2.45) is 5.10 Å². The molecular formula is C26H23BrFN3O3. The fraction of sp³-hybridized carbons (Fsp3) is 0.192. The van der Waals surface area contributed by atoms with Crippen LogP contribution in [0.1, 0.15) is 36.7 Å². The zero-order valence-corrected chi connectivity index (χ0v) is 20.5. The minimum absolute atomic E-state index is 0.00493. The van der Waals surface area contributed by atoms with Gasteiger partial charge in [-0.15, -0.1) is 0 Å². The molecule has 0 atom stereocenters. The number of methoxy groups -OCH3 is 1. The van der Waals surface area contributed by atoms with E-state index in [2.05, 4.69) is 26.0 Å². The first-order valence-electron chi connectivity index (χ1n) is 10.7. The number of nitrogens with zero attached hydrogens (tertiary/aromatic N) is 3. The van der Waals surface area contributed by atoms with Crippen LogP contribution in [0.5, 0.6) is 11.5 Å². The van der Waals surface area contributed by atoms with E-state index in [1.807, 2.05) is 32.0 Å². The lowest BCUT2D eigenvalue weighted by atomic mass is 10.2. The van der Waals surface area contributed by atoms with E-state index in [-0.39, 0.29) is 23.9 Å². The Morgan fingerprint density at radius 2 is 1.85 bits per heavy atom. The van der Waals surface area contributed by atoms with Crippen molar-refractivity contribution in [3.63, 3.8) is 0 Å². The van der Waals surface area contributed by atoms with Gasteiger partial charge >= 0.3 is 0 Å². The van der Waals surface area contributed by atoms with Crippen LogP contribution in [0.25, 0.3) is 10.9 Å². The van der Waals surface area contributed by atoms with E-state index in [4.69, 9.17) is 9.47 Å². The lowest BCUT2D eigenvalue weighted by Crippen LogP contribution is -2.23. The van der Waals surface area contributed by atoms with Gasteiger partial charge in [0.1, 0.15) is 18.2 Å². The molecule has 4 rings (SSSR count). The second-order valence-corrected chi connectivity index (χ2v) is 8.89. The molecule has 0 bridgehead atoms. The van der Waals surface area contributed by atoms with Gasteiger partial charge in [-0.05, 0) is 59.7 Å². The van der Waals surface area contributed by atoms with Gasteiger partial charge in [-0.2, -0.15) is 9.78 Å². The number of benzene rings is 3. The first-order valence-corrected chi connectivity index (χ1v) is 11.5. The summed E-state index contributed by atoms with van der Waals surface area (Å²) < 4.78 is 26.5. The minimum atomic E-state index is -0.293. The molecule has 0 unspecified atom stereocenters. The second-order valence-electron chi connectivity index (χ2n) is 7.97. The Labute approximate surface area is 204 Å². The van der Waals surface area contributed by atoms with Gasteiger partial charge in [-0.1, -0.05) is 41.9 Å². The molecule has 3 aromatic carbocycles. The van der Waals surface area contributed by atoms with Crippen molar-refractivity contribution in [2.75, 3.05) is 7.11 Å². The third kappa shape index (κ3) is 5.17. The first kappa shape index (κ1) is 23.6. The third-order valence-electron chi connectivity index (χ3n) is 5.17. The second kappa shape index (κ2) is 10.2. The molecule has 174 valence electrons. The topological polar surface area (TPSA) is 65.7 Å². The fourth-order valence-corrected chi connectivity index (χ4v) is 3.76. The first-order chi connectivity index (χ1) is 16.4. The number of hydrogen-bond acceptors (Lipinski definition) is 5. The highest BCUT2D eigenvalue weighted by Crippen LogP contribution is 2.28. The van der Waals surface area contributed by atoms with Crippen LogP contribution in [0.2, 0.25) is 0 Å². The van der Waals surface area contributed by atoms with E-state index in [1.54, 1.807) is 43.7 Å². The molecular weight excluding hydrogens is 501 g/mol. The van der Waals surface area contributed by atoms with Gasteiger partial charge in [-0.3, -0.25) is 4.79 Å². The molecule has 34 heavy (non-hydrogen) atoms. The molecule has 6 nitrogen and oxygen atoms in total. The maximum absolute atomic E-state index is 13.2. The highest BCUT2D eigenvalue weighted by Gasteiger charge is 2.14. The largest absolute Gasteiger partial charge is 0.493 e. The van der Waals surface area contributed by atoms with Crippen molar-refractivity contribution in [3.8, 4) is 11.5 Å². The van der Waals surface area contributed by atoms with Gasteiger partial charge in [0.25, 0.3) is 5.56 Å². The number of aromatic nitrogens is 2. The monoisotopic (exact) mass is 523 g/mol. The average Bonchev–Trinajstić information content (AvgIpc) is 2.83. The highest BCUT2D eigenvalue weighted by molar-refractivity contribution is 9.10. The van der Waals surface area contributed by atoms with Gasteiger partial charge in [0, 0.05) is 10.4 Å². The lowest BCUT2D eigenvalue weighted by Gasteiger charge is -2.13. The van der Waals surface area contributed by atoms with Crippen LogP contribution < -0.4 is 15.0 Å². The van der Waals surface area contributed by atoms with Crippen molar-refractivity contribution in [3.05, 3.63) is 98.3 Å². The molecule has 0 fully saturated rings. The van der Waals surface area contributed by atoms with E-state index in [0.717, 1.165) is 15.6 Å². The molecule has 0 spiro atoms. The van der Waals surface area contributed by atoms with Crippen LogP contribution in [0.3, 0.4) is 0 Å². The van der Waals surface area contributed by atoms with Crippen molar-refractivity contribution in [1.82, 2.24) is 9.66 Å². The van der Waals surface area contributed by atoms with Crippen molar-refractivity contribution in [2.45, 2.75) is 26.4 Å². The fourth-order valence-electron chi connectivity index (χ4n) is 3.40. The Morgan fingerprint density at radius 1 is 1.09 bits per heavy atom. The number of hydrogen-bond donors (Lipinski definition) is 0. The number of ether oxygens (including phenoxy) is 2. The summed E-state index contributed by atoms with van der Waals surface area (Å²) in [4.78, 5) is 17.8. The summed E-state index contributed by atoms with van der Waals surface area (Å²) in [6.45, 7) is 4.21. The van der Waals surface area contributed by atoms with E-state index < -0.39 is 0 Å². The molecule has 1 heterocycles. The molecule has 0 aliphatic carbocycles. The van der Waals surface area contributed by atoms with Crippen LogP contribution in [-0.2, 0) is 6.61 Å². The summed E-state index contributed by atoms with van der Waals surface area (Å²) >= 11 is 3.41. The Hall–Kier alpha value is -3.52. The van der Waals surface area contributed by atoms with Crippen molar-refractivity contribution in [1.29, 1.82) is 0 Å². The van der Waals surface area contributed by atoms with Gasteiger partial charge in [0.05, 0.1) is 24.2 Å². The molecule has 8 heteroatoms. The summed E-state index contributed by atoms with van der Waals surface area (Å²) in [7, 11) is 1.55. The molecule has 1 aromatic heterocycles. The van der Waals surface area contributed by atoms with Gasteiger partial charge in [0.15, 0.2) is 11.5 Å². The average molecular weight is 524 g/mol. The summed E-state index contributed by atoms with van der Waals surface area (Å²) in [6.07, 6.45) is 1.59. The van der Waals surface area contributed by atoms with Gasteiger partial charge < -0.3 is 9.47 Å². The minimum Gasteiger partial charge on any atom is -0.493 e. The Bertz CT molecular complexity index is 1420. The van der Waals surface area contributed by atoms with Gasteiger partial charge in [-0.25, -0.2) is 9.37 Å². The van der Waals surface area contributed by atoms with E-state index >= 15 is 0 Å². The summed E-state index contributed by atoms with van der Waals surface area (Å²) in [6, 6.07) is 16.9. The van der Waals surface area contributed by atoms with Crippen LogP contribution in [-0.4, -0.2) is 23.0 Å². The molecule has 4 aromatic rings. The van der Waals surface area contributed by atoms with E-state index in [0.29, 0.717) is 28.2 Å². The number of halogens is 2. The summed E-state index contributed by atoms with van der Waals surface area (Å²) in [5.41, 5.74) is 1.96. The molecule has 0 aliphatic heterocycles. The standard InChI is InChI=1S/C26H23BrFN3O3/c1-16(2)25-30-22-10-7-19(27)13-21(22)26(32)31(25)29-14-18-6-11-23(24(12-18)33-3)34-15-17-4-8-20(28)9-5-17/h4-14,16H,15H2,1-3H3. The Balaban J connectivity index is 1.63. The quantitative estimate of drug-likeness (QED) is 0.283. The van der Waals surface area contributed by atoms with Gasteiger partial charge in [0.2, 0.25) is 0 Å². The van der Waals surface area contributed by atoms with Crippen LogP contribution in [0.15, 0.2) is 75.0 Å². The number of fused-ring (bicyclic) bond motifs is 1. The Kier molecular flexibility index (Phi) is 7.07. The predicted octanol–water partition coefficient (Wildman–Crippen LogP) is 5.89. The molecule has 0 N–H and O–H groups in total. The van der Waals surface area contributed by atoms with E-state index in [9.17, 15) is 9.18 Å².